The SMILES string of the molecule is COc1ccc(NC(=O)COc2ccc(F)cc2Br)cc1OC. The summed E-state index contributed by atoms with van der Waals surface area (Å²) >= 11 is 3.17. The molecule has 1 amide bonds. The second-order valence-electron chi connectivity index (χ2n) is 4.48. The minimum absolute atomic E-state index is 0.210. The highest BCUT2D eigenvalue weighted by molar-refractivity contribution is 9.10. The minimum atomic E-state index is -0.390. The third-order valence-corrected chi connectivity index (χ3v) is 3.54. The van der Waals surface area contributed by atoms with E-state index in [4.69, 9.17) is 14.2 Å². The molecule has 122 valence electrons. The van der Waals surface area contributed by atoms with Crippen LogP contribution in [-0.2, 0) is 4.79 Å². The van der Waals surface area contributed by atoms with E-state index < -0.39 is 0 Å². The van der Waals surface area contributed by atoms with Gasteiger partial charge in [0.05, 0.1) is 18.7 Å². The highest BCUT2D eigenvalue weighted by Gasteiger charge is 2.09. The molecule has 0 radical (unpaired) electrons. The predicted octanol–water partition coefficient (Wildman–Crippen LogP) is 3.62. The maximum Gasteiger partial charge on any atom is 0.262 e. The van der Waals surface area contributed by atoms with Gasteiger partial charge in [0.25, 0.3) is 5.91 Å². The average Bonchev–Trinajstić information content (AvgIpc) is 2.54. The average molecular weight is 384 g/mol. The Morgan fingerprint density at radius 3 is 2.43 bits per heavy atom. The molecule has 2 rings (SSSR count). The number of hydrogen-bond acceptors (Lipinski definition) is 4. The molecule has 23 heavy (non-hydrogen) atoms. The van der Waals surface area contributed by atoms with Crippen LogP contribution in [0.3, 0.4) is 0 Å². The number of halogens is 2. The van der Waals surface area contributed by atoms with Gasteiger partial charge < -0.3 is 19.5 Å². The third kappa shape index (κ3) is 4.59. The molecule has 0 fully saturated rings. The zero-order valence-electron chi connectivity index (χ0n) is 12.6. The van der Waals surface area contributed by atoms with Crippen molar-refractivity contribution in [1.82, 2.24) is 0 Å². The van der Waals surface area contributed by atoms with Crippen LogP contribution in [0, 0.1) is 5.82 Å². The fraction of sp³-hybridized carbons (Fsp3) is 0.188. The van der Waals surface area contributed by atoms with E-state index in [9.17, 15) is 9.18 Å². The number of rotatable bonds is 6. The first-order valence-corrected chi connectivity index (χ1v) is 7.42. The Morgan fingerprint density at radius 1 is 1.09 bits per heavy atom. The number of nitrogens with one attached hydrogen (secondary N) is 1. The topological polar surface area (TPSA) is 56.8 Å². The van der Waals surface area contributed by atoms with Crippen molar-refractivity contribution in [1.29, 1.82) is 0 Å². The van der Waals surface area contributed by atoms with Crippen molar-refractivity contribution >= 4 is 27.5 Å². The van der Waals surface area contributed by atoms with Crippen molar-refractivity contribution in [3.63, 3.8) is 0 Å². The normalized spacial score (nSPS) is 10.1. The monoisotopic (exact) mass is 383 g/mol. The Morgan fingerprint density at radius 2 is 1.78 bits per heavy atom. The van der Waals surface area contributed by atoms with Crippen LogP contribution < -0.4 is 19.5 Å². The molecule has 5 nitrogen and oxygen atoms in total. The van der Waals surface area contributed by atoms with Crippen LogP contribution in [0.15, 0.2) is 40.9 Å². The fourth-order valence-electron chi connectivity index (χ4n) is 1.85. The number of carbonyl (C=O) groups is 1. The molecule has 0 heterocycles. The zero-order chi connectivity index (χ0) is 16.8. The van der Waals surface area contributed by atoms with E-state index in [1.54, 1.807) is 18.2 Å². The summed E-state index contributed by atoms with van der Waals surface area (Å²) in [4.78, 5) is 11.9. The third-order valence-electron chi connectivity index (χ3n) is 2.92. The van der Waals surface area contributed by atoms with Crippen LogP contribution in [0.25, 0.3) is 0 Å². The summed E-state index contributed by atoms with van der Waals surface area (Å²) in [6.45, 7) is -0.210. The van der Waals surface area contributed by atoms with Gasteiger partial charge in [-0.25, -0.2) is 4.39 Å². The molecule has 0 aromatic heterocycles. The second-order valence-corrected chi connectivity index (χ2v) is 5.34. The molecule has 1 N–H and O–H groups in total. The van der Waals surface area contributed by atoms with Gasteiger partial charge in [-0.15, -0.1) is 0 Å². The van der Waals surface area contributed by atoms with Gasteiger partial charge in [-0.05, 0) is 46.3 Å². The van der Waals surface area contributed by atoms with Crippen LogP contribution in [0.1, 0.15) is 0 Å². The smallest absolute Gasteiger partial charge is 0.262 e. The van der Waals surface area contributed by atoms with Crippen molar-refractivity contribution in [2.24, 2.45) is 0 Å². The fourth-order valence-corrected chi connectivity index (χ4v) is 2.31. The molecular weight excluding hydrogens is 369 g/mol. The molecule has 2 aromatic carbocycles. The molecule has 0 aliphatic carbocycles. The van der Waals surface area contributed by atoms with Gasteiger partial charge in [0, 0.05) is 11.8 Å². The number of anilines is 1. The van der Waals surface area contributed by atoms with Crippen molar-refractivity contribution in [2.45, 2.75) is 0 Å². The number of carbonyl (C=O) groups excluding carboxylic acids is 1. The molecule has 7 heteroatoms. The number of ether oxygens (including phenoxy) is 3. The van der Waals surface area contributed by atoms with Gasteiger partial charge in [-0.2, -0.15) is 0 Å². The number of hydrogen-bond donors (Lipinski definition) is 1. The van der Waals surface area contributed by atoms with Gasteiger partial charge in [0.15, 0.2) is 18.1 Å². The molecule has 0 unspecified atom stereocenters. The Labute approximate surface area is 141 Å². The van der Waals surface area contributed by atoms with Crippen molar-refractivity contribution in [3.05, 3.63) is 46.7 Å². The van der Waals surface area contributed by atoms with E-state index >= 15 is 0 Å². The maximum atomic E-state index is 13.0. The lowest BCUT2D eigenvalue weighted by Crippen LogP contribution is -2.20. The first-order valence-electron chi connectivity index (χ1n) is 6.63. The van der Waals surface area contributed by atoms with Crippen LogP contribution in [-0.4, -0.2) is 26.7 Å². The van der Waals surface area contributed by atoms with E-state index in [1.165, 1.54) is 32.4 Å². The summed E-state index contributed by atoms with van der Waals surface area (Å²) in [6.07, 6.45) is 0. The Bertz CT molecular complexity index is 708. The first kappa shape index (κ1) is 17.1. The second kappa shape index (κ2) is 7.82. The number of methoxy groups -OCH3 is 2. The largest absolute Gasteiger partial charge is 0.493 e. The summed E-state index contributed by atoms with van der Waals surface area (Å²) < 4.78 is 29.1. The molecule has 0 saturated carbocycles. The quantitative estimate of drug-likeness (QED) is 0.827. The summed E-state index contributed by atoms with van der Waals surface area (Å²) in [6, 6.07) is 8.99. The first-order chi connectivity index (χ1) is 11.0. The van der Waals surface area contributed by atoms with E-state index in [2.05, 4.69) is 21.2 Å². The van der Waals surface area contributed by atoms with Crippen LogP contribution >= 0.6 is 15.9 Å². The molecule has 2 aromatic rings. The van der Waals surface area contributed by atoms with E-state index in [0.29, 0.717) is 27.4 Å². The lowest BCUT2D eigenvalue weighted by molar-refractivity contribution is -0.118. The van der Waals surface area contributed by atoms with Gasteiger partial charge in [-0.1, -0.05) is 0 Å². The summed E-state index contributed by atoms with van der Waals surface area (Å²) in [5, 5.41) is 2.68. The number of amides is 1. The van der Waals surface area contributed by atoms with Crippen LogP contribution in [0.2, 0.25) is 0 Å². The van der Waals surface area contributed by atoms with Gasteiger partial charge in [0.2, 0.25) is 0 Å². The molecule has 0 bridgehead atoms. The molecular formula is C16H15BrFNO4. The Hall–Kier alpha value is -2.28. The maximum absolute atomic E-state index is 13.0. The summed E-state index contributed by atoms with van der Waals surface area (Å²) in [5.41, 5.74) is 0.550. The zero-order valence-corrected chi connectivity index (χ0v) is 14.1. The predicted molar refractivity (Wildman–Crippen MR) is 87.8 cm³/mol. The van der Waals surface area contributed by atoms with Crippen molar-refractivity contribution in [2.75, 3.05) is 26.1 Å². The van der Waals surface area contributed by atoms with E-state index in [0.717, 1.165) is 0 Å². The molecule has 0 aliphatic heterocycles. The van der Waals surface area contributed by atoms with Crippen molar-refractivity contribution < 1.29 is 23.4 Å². The Kier molecular flexibility index (Phi) is 5.81. The van der Waals surface area contributed by atoms with Gasteiger partial charge in [0.1, 0.15) is 11.6 Å². The lowest BCUT2D eigenvalue weighted by atomic mass is 10.2. The van der Waals surface area contributed by atoms with E-state index in [-0.39, 0.29) is 18.3 Å². The Balaban J connectivity index is 1.97. The van der Waals surface area contributed by atoms with Crippen LogP contribution in [0.4, 0.5) is 10.1 Å². The molecule has 0 saturated heterocycles. The molecule has 0 aliphatic rings. The minimum Gasteiger partial charge on any atom is -0.493 e. The molecule has 0 atom stereocenters. The van der Waals surface area contributed by atoms with Crippen LogP contribution in [0.5, 0.6) is 17.2 Å². The van der Waals surface area contributed by atoms with Gasteiger partial charge in [-0.3, -0.25) is 4.79 Å². The highest BCUT2D eigenvalue weighted by atomic mass is 79.9. The standard InChI is InChI=1S/C16H15BrFNO4/c1-21-14-6-4-11(8-15(14)22-2)19-16(20)9-23-13-5-3-10(18)7-12(13)17/h3-8H,9H2,1-2H3,(H,19,20). The molecule has 0 spiro atoms. The summed E-state index contributed by atoms with van der Waals surface area (Å²) in [7, 11) is 3.04. The van der Waals surface area contributed by atoms with Gasteiger partial charge >= 0.3 is 0 Å². The summed E-state index contributed by atoms with van der Waals surface area (Å²) in [5.74, 6) is 0.714. The van der Waals surface area contributed by atoms with E-state index in [1.807, 2.05) is 0 Å². The number of benzene rings is 2. The lowest BCUT2D eigenvalue weighted by Gasteiger charge is -2.11. The highest BCUT2D eigenvalue weighted by Crippen LogP contribution is 2.30. The van der Waals surface area contributed by atoms with Crippen molar-refractivity contribution in [3.8, 4) is 17.2 Å².